The third-order valence-electron chi connectivity index (χ3n) is 1.93. The highest BCUT2D eigenvalue weighted by Crippen LogP contribution is 2.19. The molecule has 2 heterocycles. The van der Waals surface area contributed by atoms with Gasteiger partial charge in [0.25, 0.3) is 0 Å². The highest BCUT2D eigenvalue weighted by Gasteiger charge is 2.08. The average molecular weight is 177 g/mol. The molecule has 13 heavy (non-hydrogen) atoms. The summed E-state index contributed by atoms with van der Waals surface area (Å²) in [6, 6.07) is 0. The van der Waals surface area contributed by atoms with Crippen LogP contribution in [0.4, 0.5) is 5.82 Å². The third-order valence-corrected chi connectivity index (χ3v) is 1.93. The zero-order valence-corrected chi connectivity index (χ0v) is 7.89. The van der Waals surface area contributed by atoms with Crippen molar-refractivity contribution in [1.82, 2.24) is 19.7 Å². The van der Waals surface area contributed by atoms with Gasteiger partial charge in [0.15, 0.2) is 5.82 Å². The highest BCUT2D eigenvalue weighted by atomic mass is 15.3. The molecule has 0 saturated carbocycles. The molecule has 0 spiro atoms. The van der Waals surface area contributed by atoms with E-state index in [1.165, 1.54) is 0 Å². The molecule has 0 saturated heterocycles. The van der Waals surface area contributed by atoms with Crippen LogP contribution in [-0.4, -0.2) is 33.8 Å². The summed E-state index contributed by atoms with van der Waals surface area (Å²) in [5.41, 5.74) is 1.84. The lowest BCUT2D eigenvalue weighted by Gasteiger charge is -2.11. The van der Waals surface area contributed by atoms with Gasteiger partial charge in [0.1, 0.15) is 17.4 Å². The first-order valence-corrected chi connectivity index (χ1v) is 4.00. The molecule has 0 atom stereocenters. The van der Waals surface area contributed by atoms with E-state index in [1.54, 1.807) is 17.2 Å². The molecule has 0 unspecified atom stereocenters. The summed E-state index contributed by atoms with van der Waals surface area (Å²) in [5, 5.41) is 4.13. The SMILES string of the molecule is CN(C)c1ncnc2cnn(C)c12. The van der Waals surface area contributed by atoms with Crippen molar-refractivity contribution in [3.05, 3.63) is 12.5 Å². The number of hydrogen-bond acceptors (Lipinski definition) is 4. The fourth-order valence-electron chi connectivity index (χ4n) is 1.31. The van der Waals surface area contributed by atoms with Gasteiger partial charge in [-0.3, -0.25) is 4.68 Å². The van der Waals surface area contributed by atoms with Crippen molar-refractivity contribution >= 4 is 16.9 Å². The van der Waals surface area contributed by atoms with Crippen LogP contribution < -0.4 is 4.90 Å². The van der Waals surface area contributed by atoms with Crippen molar-refractivity contribution in [2.45, 2.75) is 0 Å². The molecule has 0 amide bonds. The molecule has 2 aromatic heterocycles. The van der Waals surface area contributed by atoms with E-state index in [1.807, 2.05) is 26.0 Å². The predicted octanol–water partition coefficient (Wildman–Crippen LogP) is 0.429. The van der Waals surface area contributed by atoms with E-state index in [0.717, 1.165) is 16.9 Å². The fourth-order valence-corrected chi connectivity index (χ4v) is 1.31. The number of anilines is 1. The van der Waals surface area contributed by atoms with Crippen molar-refractivity contribution in [3.8, 4) is 0 Å². The second-order valence-electron chi connectivity index (χ2n) is 3.09. The number of fused-ring (bicyclic) bond motifs is 1. The first-order chi connectivity index (χ1) is 6.20. The normalized spacial score (nSPS) is 10.7. The van der Waals surface area contributed by atoms with E-state index >= 15 is 0 Å². The van der Waals surface area contributed by atoms with Crippen LogP contribution in [-0.2, 0) is 7.05 Å². The molecule has 0 bridgehead atoms. The van der Waals surface area contributed by atoms with Crippen LogP contribution in [0, 0.1) is 0 Å². The van der Waals surface area contributed by atoms with Crippen LogP contribution in [0.25, 0.3) is 11.0 Å². The zero-order valence-electron chi connectivity index (χ0n) is 7.89. The van der Waals surface area contributed by atoms with Crippen molar-refractivity contribution in [1.29, 1.82) is 0 Å². The lowest BCUT2D eigenvalue weighted by atomic mass is 10.4. The summed E-state index contributed by atoms with van der Waals surface area (Å²) in [5.74, 6) is 0.894. The summed E-state index contributed by atoms with van der Waals surface area (Å²) in [4.78, 5) is 10.3. The smallest absolute Gasteiger partial charge is 0.157 e. The minimum Gasteiger partial charge on any atom is -0.361 e. The Morgan fingerprint density at radius 1 is 1.31 bits per heavy atom. The average Bonchev–Trinajstić information content (AvgIpc) is 2.48. The molecule has 0 fully saturated rings. The summed E-state index contributed by atoms with van der Waals surface area (Å²) in [6.45, 7) is 0. The second kappa shape index (κ2) is 2.69. The standard InChI is InChI=1S/C8H11N5/c1-12(2)8-7-6(9-5-10-8)4-11-13(7)3/h4-5H,1-3H3. The van der Waals surface area contributed by atoms with E-state index < -0.39 is 0 Å². The van der Waals surface area contributed by atoms with E-state index in [0.29, 0.717) is 0 Å². The van der Waals surface area contributed by atoms with Gasteiger partial charge in [0.05, 0.1) is 6.20 Å². The number of rotatable bonds is 1. The Morgan fingerprint density at radius 2 is 2.08 bits per heavy atom. The molecule has 0 aliphatic heterocycles. The van der Waals surface area contributed by atoms with E-state index in [9.17, 15) is 0 Å². The zero-order chi connectivity index (χ0) is 9.42. The Bertz CT molecular complexity index is 431. The number of nitrogens with zero attached hydrogens (tertiary/aromatic N) is 5. The molecule has 5 heteroatoms. The Labute approximate surface area is 76.0 Å². The number of aromatic nitrogens is 4. The van der Waals surface area contributed by atoms with Crippen LogP contribution in [0.2, 0.25) is 0 Å². The number of hydrogen-bond donors (Lipinski definition) is 0. The first-order valence-electron chi connectivity index (χ1n) is 4.00. The van der Waals surface area contributed by atoms with Gasteiger partial charge in [0, 0.05) is 21.1 Å². The van der Waals surface area contributed by atoms with Crippen LogP contribution in [0.15, 0.2) is 12.5 Å². The lowest BCUT2D eigenvalue weighted by Crippen LogP contribution is -2.12. The Hall–Kier alpha value is -1.65. The van der Waals surface area contributed by atoms with Crippen LogP contribution in [0.1, 0.15) is 0 Å². The molecule has 0 aliphatic rings. The lowest BCUT2D eigenvalue weighted by molar-refractivity contribution is 0.793. The van der Waals surface area contributed by atoms with Crippen LogP contribution in [0.3, 0.4) is 0 Å². The van der Waals surface area contributed by atoms with Gasteiger partial charge in [0.2, 0.25) is 0 Å². The van der Waals surface area contributed by atoms with Gasteiger partial charge in [-0.15, -0.1) is 0 Å². The quantitative estimate of drug-likeness (QED) is 0.633. The Balaban J connectivity index is 2.80. The van der Waals surface area contributed by atoms with Crippen LogP contribution in [0.5, 0.6) is 0 Å². The fraction of sp³-hybridized carbons (Fsp3) is 0.375. The van der Waals surface area contributed by atoms with E-state index in [-0.39, 0.29) is 0 Å². The highest BCUT2D eigenvalue weighted by molar-refractivity contribution is 5.85. The van der Waals surface area contributed by atoms with Gasteiger partial charge in [-0.2, -0.15) is 5.10 Å². The van der Waals surface area contributed by atoms with Crippen molar-refractivity contribution in [2.24, 2.45) is 7.05 Å². The third kappa shape index (κ3) is 1.12. The molecule has 2 rings (SSSR count). The van der Waals surface area contributed by atoms with Gasteiger partial charge < -0.3 is 4.90 Å². The van der Waals surface area contributed by atoms with Crippen molar-refractivity contribution in [2.75, 3.05) is 19.0 Å². The molecule has 0 aromatic carbocycles. The molecular weight excluding hydrogens is 166 g/mol. The van der Waals surface area contributed by atoms with Crippen molar-refractivity contribution < 1.29 is 0 Å². The maximum Gasteiger partial charge on any atom is 0.157 e. The minimum absolute atomic E-state index is 0.876. The second-order valence-corrected chi connectivity index (χ2v) is 3.09. The topological polar surface area (TPSA) is 46.8 Å². The van der Waals surface area contributed by atoms with Gasteiger partial charge in [-0.05, 0) is 0 Å². The molecule has 68 valence electrons. The molecular formula is C8H11N5. The molecule has 0 radical (unpaired) electrons. The largest absolute Gasteiger partial charge is 0.361 e. The molecule has 0 aliphatic carbocycles. The number of aryl methyl sites for hydroxylation is 1. The maximum atomic E-state index is 4.19. The summed E-state index contributed by atoms with van der Waals surface area (Å²) in [6.07, 6.45) is 3.30. The Kier molecular flexibility index (Phi) is 1.65. The Morgan fingerprint density at radius 3 is 2.77 bits per heavy atom. The summed E-state index contributed by atoms with van der Waals surface area (Å²) in [7, 11) is 5.79. The molecule has 2 aromatic rings. The summed E-state index contributed by atoms with van der Waals surface area (Å²) < 4.78 is 1.78. The molecule has 0 N–H and O–H groups in total. The minimum atomic E-state index is 0.876. The maximum absolute atomic E-state index is 4.19. The molecule has 5 nitrogen and oxygen atoms in total. The van der Waals surface area contributed by atoms with Crippen molar-refractivity contribution in [3.63, 3.8) is 0 Å². The van der Waals surface area contributed by atoms with E-state index in [2.05, 4.69) is 15.1 Å². The van der Waals surface area contributed by atoms with E-state index in [4.69, 9.17) is 0 Å². The monoisotopic (exact) mass is 177 g/mol. The predicted molar refractivity (Wildman–Crippen MR) is 50.6 cm³/mol. The van der Waals surface area contributed by atoms with Gasteiger partial charge in [-0.1, -0.05) is 0 Å². The van der Waals surface area contributed by atoms with Crippen LogP contribution >= 0.6 is 0 Å². The van der Waals surface area contributed by atoms with Gasteiger partial charge in [-0.25, -0.2) is 9.97 Å². The summed E-state index contributed by atoms with van der Waals surface area (Å²) >= 11 is 0. The first kappa shape index (κ1) is 7.97. The van der Waals surface area contributed by atoms with Gasteiger partial charge >= 0.3 is 0 Å².